The van der Waals surface area contributed by atoms with Gasteiger partial charge in [-0.3, -0.25) is 9.78 Å². The molecule has 2 unspecified atom stereocenters. The van der Waals surface area contributed by atoms with Gasteiger partial charge in [0, 0.05) is 51.1 Å². The molecule has 1 saturated heterocycles. The third-order valence-electron chi connectivity index (χ3n) is 8.90. The normalized spacial score (nSPS) is 21.5. The highest BCUT2D eigenvalue weighted by atomic mass is 19.1. The zero-order valence-electron chi connectivity index (χ0n) is 23.2. The summed E-state index contributed by atoms with van der Waals surface area (Å²) in [6.07, 6.45) is 10.4. The van der Waals surface area contributed by atoms with Crippen molar-refractivity contribution in [2.75, 3.05) is 56.0 Å². The molecular formula is C30H37FN6O2. The first-order valence-corrected chi connectivity index (χ1v) is 14.0. The van der Waals surface area contributed by atoms with Crippen LogP contribution in [0, 0.1) is 5.82 Å². The van der Waals surface area contributed by atoms with Crippen molar-refractivity contribution in [3.8, 4) is 16.9 Å². The van der Waals surface area contributed by atoms with E-state index < -0.39 is 0 Å². The quantitative estimate of drug-likeness (QED) is 0.442. The minimum atomic E-state index is -0.384. The predicted octanol–water partition coefficient (Wildman–Crippen LogP) is 4.70. The van der Waals surface area contributed by atoms with E-state index in [1.54, 1.807) is 19.4 Å². The van der Waals surface area contributed by atoms with Crippen LogP contribution in [0.3, 0.4) is 0 Å². The summed E-state index contributed by atoms with van der Waals surface area (Å²) in [6, 6.07) is 6.13. The number of halogens is 1. The van der Waals surface area contributed by atoms with Gasteiger partial charge in [-0.1, -0.05) is 6.42 Å². The SMILES string of the molecule is CN(C=O)c1cnc2cc(F)c(-c3ccc(N4CCC(N(C)C)CC4)nc3)c3c2c1N(C)C1CCCCC1O3. The van der Waals surface area contributed by atoms with Crippen molar-refractivity contribution in [2.24, 2.45) is 0 Å². The molecule has 9 heteroatoms. The third-order valence-corrected chi connectivity index (χ3v) is 8.90. The molecule has 4 heterocycles. The number of carbonyl (C=O) groups is 1. The zero-order valence-corrected chi connectivity index (χ0v) is 23.2. The lowest BCUT2D eigenvalue weighted by molar-refractivity contribution is -0.107. The fraction of sp³-hybridized carbons (Fsp3) is 0.500. The predicted molar refractivity (Wildman–Crippen MR) is 153 cm³/mol. The fourth-order valence-electron chi connectivity index (χ4n) is 6.63. The maximum atomic E-state index is 15.9. The van der Waals surface area contributed by atoms with E-state index in [2.05, 4.69) is 40.8 Å². The highest BCUT2D eigenvalue weighted by Crippen LogP contribution is 2.50. The Kier molecular flexibility index (Phi) is 6.79. The van der Waals surface area contributed by atoms with Crippen LogP contribution in [0.1, 0.15) is 38.5 Å². The monoisotopic (exact) mass is 532 g/mol. The van der Waals surface area contributed by atoms with Crippen LogP contribution < -0.4 is 19.4 Å². The van der Waals surface area contributed by atoms with Crippen molar-refractivity contribution in [2.45, 2.75) is 56.7 Å². The molecule has 206 valence electrons. The van der Waals surface area contributed by atoms with E-state index in [0.29, 0.717) is 34.1 Å². The van der Waals surface area contributed by atoms with E-state index in [1.165, 1.54) is 11.0 Å². The minimum Gasteiger partial charge on any atom is -0.487 e. The van der Waals surface area contributed by atoms with Crippen LogP contribution in [0.15, 0.2) is 30.6 Å². The first-order valence-electron chi connectivity index (χ1n) is 14.0. The van der Waals surface area contributed by atoms with Gasteiger partial charge in [-0.25, -0.2) is 9.37 Å². The highest BCUT2D eigenvalue weighted by Gasteiger charge is 2.38. The summed E-state index contributed by atoms with van der Waals surface area (Å²) in [5, 5.41) is 0.740. The summed E-state index contributed by atoms with van der Waals surface area (Å²) in [5.41, 5.74) is 3.13. The molecule has 2 aromatic heterocycles. The Hall–Kier alpha value is -3.46. The second-order valence-electron chi connectivity index (χ2n) is 11.4. The average molecular weight is 533 g/mol. The number of rotatable bonds is 5. The number of amides is 1. The van der Waals surface area contributed by atoms with E-state index in [0.717, 1.165) is 74.9 Å². The smallest absolute Gasteiger partial charge is 0.213 e. The molecule has 2 aliphatic heterocycles. The van der Waals surface area contributed by atoms with Gasteiger partial charge in [-0.05, 0) is 58.3 Å². The molecule has 0 N–H and O–H groups in total. The lowest BCUT2D eigenvalue weighted by atomic mass is 9.91. The summed E-state index contributed by atoms with van der Waals surface area (Å²) in [4.78, 5) is 29.5. The number of anilines is 3. The van der Waals surface area contributed by atoms with Gasteiger partial charge in [0.05, 0.1) is 40.1 Å². The van der Waals surface area contributed by atoms with E-state index in [4.69, 9.17) is 9.72 Å². The van der Waals surface area contributed by atoms with Gasteiger partial charge in [0.2, 0.25) is 6.41 Å². The summed E-state index contributed by atoms with van der Waals surface area (Å²) in [7, 11) is 8.04. The van der Waals surface area contributed by atoms with Gasteiger partial charge in [-0.15, -0.1) is 0 Å². The maximum Gasteiger partial charge on any atom is 0.213 e. The Morgan fingerprint density at radius 2 is 1.82 bits per heavy atom. The number of nitrogens with zero attached hydrogens (tertiary/aromatic N) is 6. The number of hydrogen-bond acceptors (Lipinski definition) is 7. The number of carbonyl (C=O) groups excluding carboxylic acids is 1. The Morgan fingerprint density at radius 1 is 1.05 bits per heavy atom. The minimum absolute atomic E-state index is 0.0838. The lowest BCUT2D eigenvalue weighted by Crippen LogP contribution is -2.45. The molecule has 2 atom stereocenters. The molecular weight excluding hydrogens is 495 g/mol. The molecule has 3 aromatic rings. The van der Waals surface area contributed by atoms with Crippen molar-refractivity contribution in [3.63, 3.8) is 0 Å². The largest absolute Gasteiger partial charge is 0.487 e. The Labute approximate surface area is 229 Å². The van der Waals surface area contributed by atoms with Crippen molar-refractivity contribution in [1.82, 2.24) is 14.9 Å². The molecule has 2 fully saturated rings. The molecule has 1 aliphatic carbocycles. The maximum absolute atomic E-state index is 15.9. The summed E-state index contributed by atoms with van der Waals surface area (Å²) in [5.74, 6) is 1.02. The number of aromatic nitrogens is 2. The van der Waals surface area contributed by atoms with Crippen LogP contribution in [0.5, 0.6) is 5.75 Å². The van der Waals surface area contributed by atoms with Crippen molar-refractivity contribution >= 4 is 34.5 Å². The lowest BCUT2D eigenvalue weighted by Gasteiger charge is -2.37. The van der Waals surface area contributed by atoms with E-state index in [-0.39, 0.29) is 18.0 Å². The van der Waals surface area contributed by atoms with Gasteiger partial charge in [0.1, 0.15) is 23.5 Å². The molecule has 8 nitrogen and oxygen atoms in total. The number of ether oxygens (including phenoxy) is 1. The van der Waals surface area contributed by atoms with Crippen LogP contribution in [0.25, 0.3) is 22.0 Å². The fourth-order valence-corrected chi connectivity index (χ4v) is 6.63. The first-order chi connectivity index (χ1) is 18.9. The molecule has 0 spiro atoms. The van der Waals surface area contributed by atoms with Crippen molar-refractivity contribution < 1.29 is 13.9 Å². The topological polar surface area (TPSA) is 65.0 Å². The number of likely N-dealkylation sites (N-methyl/N-ethyl adjacent to an activating group) is 1. The molecule has 39 heavy (non-hydrogen) atoms. The van der Waals surface area contributed by atoms with E-state index >= 15 is 4.39 Å². The van der Waals surface area contributed by atoms with Crippen LogP contribution in [-0.4, -0.2) is 80.7 Å². The van der Waals surface area contributed by atoms with Crippen LogP contribution >= 0.6 is 0 Å². The second-order valence-corrected chi connectivity index (χ2v) is 11.4. The number of piperidine rings is 1. The third kappa shape index (κ3) is 4.46. The standard InChI is InChI=1S/C30H37FN6O2/c1-34(2)20-11-13-37(14-12-20)26-10-9-19(16-33-26)27-21(31)15-22-28-29(24(17-32-22)35(3)18-38)36(4)23-7-5-6-8-25(23)39-30(27)28/h9-10,15-18,20,23,25H,5-8,11-14H2,1-4H3. The molecule has 0 bridgehead atoms. The number of fused-ring (bicyclic) bond motifs is 1. The van der Waals surface area contributed by atoms with Gasteiger partial charge in [-0.2, -0.15) is 0 Å². The number of benzene rings is 1. The summed E-state index contributed by atoms with van der Waals surface area (Å²) in [6.45, 7) is 1.90. The molecule has 1 amide bonds. The zero-order chi connectivity index (χ0) is 27.3. The second kappa shape index (κ2) is 10.3. The van der Waals surface area contributed by atoms with Gasteiger partial charge in [0.15, 0.2) is 0 Å². The number of hydrogen-bond donors (Lipinski definition) is 0. The summed E-state index contributed by atoms with van der Waals surface area (Å²) < 4.78 is 22.7. The van der Waals surface area contributed by atoms with Gasteiger partial charge in [0.25, 0.3) is 0 Å². The molecule has 3 aliphatic rings. The molecule has 0 radical (unpaired) electrons. The Morgan fingerprint density at radius 3 is 2.51 bits per heavy atom. The molecule has 1 saturated carbocycles. The average Bonchev–Trinajstić information content (AvgIpc) is 3.08. The van der Waals surface area contributed by atoms with E-state index in [1.807, 2.05) is 12.1 Å². The molecule has 6 rings (SSSR count). The molecule has 1 aromatic carbocycles. The van der Waals surface area contributed by atoms with E-state index in [9.17, 15) is 4.79 Å². The number of pyridine rings is 2. The van der Waals surface area contributed by atoms with Crippen molar-refractivity contribution in [1.29, 1.82) is 0 Å². The first kappa shape index (κ1) is 25.8. The van der Waals surface area contributed by atoms with Crippen LogP contribution in [0.2, 0.25) is 0 Å². The Bertz CT molecular complexity index is 1370. The van der Waals surface area contributed by atoms with Gasteiger partial charge < -0.3 is 24.3 Å². The highest BCUT2D eigenvalue weighted by molar-refractivity contribution is 6.07. The van der Waals surface area contributed by atoms with Crippen LogP contribution in [0.4, 0.5) is 21.6 Å². The van der Waals surface area contributed by atoms with Gasteiger partial charge >= 0.3 is 0 Å². The summed E-state index contributed by atoms with van der Waals surface area (Å²) >= 11 is 0. The van der Waals surface area contributed by atoms with Crippen molar-refractivity contribution in [3.05, 3.63) is 36.4 Å². The van der Waals surface area contributed by atoms with Crippen LogP contribution in [-0.2, 0) is 4.79 Å². The Balaban J connectivity index is 1.46.